The number of hydrogen-bond acceptors (Lipinski definition) is 6. The van der Waals surface area contributed by atoms with E-state index in [0.717, 1.165) is 5.56 Å². The topological polar surface area (TPSA) is 90.5 Å². The average molecular weight is 527 g/mol. The lowest BCUT2D eigenvalue weighted by Gasteiger charge is -2.36. The number of halogens is 1. The SMILES string of the molecule is BC(B)(C)N(C(=O)Cn1nc(-c2cccc(Cl)c2)c2ccc(OC)cc2c1=O)c1ccc2nc(C)oc2c1. The van der Waals surface area contributed by atoms with E-state index in [0.29, 0.717) is 49.9 Å². The number of carbonyl (C=O) groups excluding carboxylic acids is 1. The van der Waals surface area contributed by atoms with Crippen LogP contribution in [-0.2, 0) is 11.3 Å². The van der Waals surface area contributed by atoms with Crippen molar-refractivity contribution in [3.63, 3.8) is 0 Å². The van der Waals surface area contributed by atoms with E-state index in [1.54, 1.807) is 48.2 Å². The number of hydrogen-bond donors (Lipinski definition) is 0. The van der Waals surface area contributed by atoms with Crippen LogP contribution in [0.5, 0.6) is 5.75 Å². The molecule has 2 aromatic heterocycles. The number of aryl methyl sites for hydroxylation is 1. The monoisotopic (exact) mass is 526 g/mol. The van der Waals surface area contributed by atoms with Gasteiger partial charge in [-0.25, -0.2) is 9.67 Å². The molecule has 0 unspecified atom stereocenters. The van der Waals surface area contributed by atoms with Gasteiger partial charge in [0.2, 0.25) is 5.91 Å². The molecular formula is C27H25B2ClN4O4. The van der Waals surface area contributed by atoms with Crippen molar-refractivity contribution >= 4 is 60.8 Å². The standard InChI is InChI=1S/C27H25B2ClN4O4/c1-15-31-22-10-7-18(12-23(22)38-15)34(27(2,28)29)24(35)14-33-26(36)21-13-19(37-3)8-9-20(21)25(32-33)16-5-4-6-17(30)11-16/h4-13H,14,28-29H2,1-3H3. The summed E-state index contributed by atoms with van der Waals surface area (Å²) in [5.41, 5.74) is 2.80. The minimum Gasteiger partial charge on any atom is -0.497 e. The number of methoxy groups -OCH3 is 1. The lowest BCUT2D eigenvalue weighted by atomic mass is 9.62. The van der Waals surface area contributed by atoms with E-state index in [4.69, 9.17) is 20.8 Å². The van der Waals surface area contributed by atoms with Gasteiger partial charge in [-0.05, 0) is 47.8 Å². The van der Waals surface area contributed by atoms with Gasteiger partial charge in [0.1, 0.15) is 33.5 Å². The second-order valence-electron chi connectivity index (χ2n) is 10.0. The summed E-state index contributed by atoms with van der Waals surface area (Å²) in [6.45, 7) is 3.43. The van der Waals surface area contributed by atoms with Crippen molar-refractivity contribution in [2.45, 2.75) is 25.7 Å². The predicted octanol–water partition coefficient (Wildman–Crippen LogP) is 3.15. The molecule has 3 aromatic carbocycles. The van der Waals surface area contributed by atoms with Gasteiger partial charge in [-0.1, -0.05) is 30.7 Å². The van der Waals surface area contributed by atoms with E-state index in [1.807, 2.05) is 46.9 Å². The zero-order chi connectivity index (χ0) is 27.2. The maximum absolute atomic E-state index is 13.8. The Morgan fingerprint density at radius 2 is 1.92 bits per heavy atom. The van der Waals surface area contributed by atoms with Crippen molar-refractivity contribution in [1.82, 2.24) is 14.8 Å². The molecule has 5 aromatic rings. The Morgan fingerprint density at radius 3 is 2.63 bits per heavy atom. The number of rotatable bonds is 6. The quantitative estimate of drug-likeness (QED) is 0.316. The Morgan fingerprint density at radius 1 is 1.13 bits per heavy atom. The molecule has 0 aliphatic rings. The molecule has 0 radical (unpaired) electrons. The molecule has 0 saturated carbocycles. The van der Waals surface area contributed by atoms with Crippen molar-refractivity contribution in [2.75, 3.05) is 12.0 Å². The summed E-state index contributed by atoms with van der Waals surface area (Å²) < 4.78 is 12.3. The zero-order valence-electron chi connectivity index (χ0n) is 21.8. The molecular weight excluding hydrogens is 501 g/mol. The fourth-order valence-corrected chi connectivity index (χ4v) is 4.81. The molecule has 0 aliphatic carbocycles. The molecule has 190 valence electrons. The minimum atomic E-state index is -0.598. The van der Waals surface area contributed by atoms with Crippen LogP contribution < -0.4 is 15.2 Å². The number of fused-ring (bicyclic) bond motifs is 2. The number of anilines is 1. The van der Waals surface area contributed by atoms with Gasteiger partial charge < -0.3 is 14.1 Å². The normalized spacial score (nSPS) is 11.7. The van der Waals surface area contributed by atoms with Crippen LogP contribution in [0.3, 0.4) is 0 Å². The van der Waals surface area contributed by atoms with E-state index in [-0.39, 0.29) is 12.5 Å². The van der Waals surface area contributed by atoms with E-state index in [2.05, 4.69) is 10.1 Å². The summed E-state index contributed by atoms with van der Waals surface area (Å²) in [5, 5.41) is 5.62. The fourth-order valence-electron chi connectivity index (χ4n) is 4.62. The first kappa shape index (κ1) is 25.6. The van der Waals surface area contributed by atoms with E-state index >= 15 is 0 Å². The molecule has 1 amide bonds. The summed E-state index contributed by atoms with van der Waals surface area (Å²) in [4.78, 5) is 33.4. The Hall–Kier alpha value is -4.04. The van der Waals surface area contributed by atoms with Gasteiger partial charge in [0, 0.05) is 34.6 Å². The smallest absolute Gasteiger partial charge is 0.275 e. The van der Waals surface area contributed by atoms with Crippen LogP contribution in [-0.4, -0.2) is 48.8 Å². The van der Waals surface area contributed by atoms with Crippen LogP contribution in [0.2, 0.25) is 5.02 Å². The summed E-state index contributed by atoms with van der Waals surface area (Å²) in [6.07, 6.45) is 0. The molecule has 0 atom stereocenters. The van der Waals surface area contributed by atoms with Crippen molar-refractivity contribution in [3.8, 4) is 17.0 Å². The number of oxazole rings is 1. The van der Waals surface area contributed by atoms with Gasteiger partial charge in [-0.2, -0.15) is 5.10 Å². The Bertz CT molecular complexity index is 1760. The average Bonchev–Trinajstić information content (AvgIpc) is 3.24. The molecule has 0 N–H and O–H groups in total. The Balaban J connectivity index is 1.63. The maximum Gasteiger partial charge on any atom is 0.275 e. The van der Waals surface area contributed by atoms with Crippen LogP contribution in [0.1, 0.15) is 12.8 Å². The van der Waals surface area contributed by atoms with Crippen molar-refractivity contribution < 1.29 is 13.9 Å². The number of amides is 1. The second kappa shape index (κ2) is 9.68. The molecule has 0 bridgehead atoms. The highest BCUT2D eigenvalue weighted by molar-refractivity contribution is 6.43. The highest BCUT2D eigenvalue weighted by Gasteiger charge is 2.29. The van der Waals surface area contributed by atoms with Crippen LogP contribution in [0.4, 0.5) is 5.69 Å². The van der Waals surface area contributed by atoms with Crippen molar-refractivity contribution in [3.05, 3.63) is 81.9 Å². The molecule has 0 fully saturated rings. The number of ether oxygens (including phenoxy) is 1. The van der Waals surface area contributed by atoms with Gasteiger partial charge in [0.05, 0.1) is 18.2 Å². The number of carbonyl (C=O) groups is 1. The zero-order valence-corrected chi connectivity index (χ0v) is 22.5. The third kappa shape index (κ3) is 4.79. The first-order valence-electron chi connectivity index (χ1n) is 12.1. The second-order valence-corrected chi connectivity index (χ2v) is 10.5. The third-order valence-electron chi connectivity index (χ3n) is 6.21. The van der Waals surface area contributed by atoms with Crippen molar-refractivity contribution in [1.29, 1.82) is 0 Å². The number of aromatic nitrogens is 3. The highest BCUT2D eigenvalue weighted by Crippen LogP contribution is 2.30. The fraction of sp³-hybridized carbons (Fsp3) is 0.185. The van der Waals surface area contributed by atoms with E-state index in [1.165, 1.54) is 11.8 Å². The molecule has 38 heavy (non-hydrogen) atoms. The molecule has 0 spiro atoms. The largest absolute Gasteiger partial charge is 0.497 e. The van der Waals surface area contributed by atoms with Gasteiger partial charge in [0.15, 0.2) is 11.5 Å². The summed E-state index contributed by atoms with van der Waals surface area (Å²) >= 11 is 6.26. The summed E-state index contributed by atoms with van der Waals surface area (Å²) in [5.74, 6) is 0.770. The molecule has 2 heterocycles. The van der Waals surface area contributed by atoms with Gasteiger partial charge in [-0.3, -0.25) is 9.59 Å². The van der Waals surface area contributed by atoms with Crippen LogP contribution >= 0.6 is 11.6 Å². The summed E-state index contributed by atoms with van der Waals surface area (Å²) in [7, 11) is 5.40. The van der Waals surface area contributed by atoms with E-state index < -0.39 is 10.9 Å². The van der Waals surface area contributed by atoms with Crippen LogP contribution in [0.15, 0.2) is 69.9 Å². The molecule has 8 nitrogen and oxygen atoms in total. The maximum atomic E-state index is 13.8. The van der Waals surface area contributed by atoms with Crippen LogP contribution in [0.25, 0.3) is 33.1 Å². The van der Waals surface area contributed by atoms with E-state index in [9.17, 15) is 9.59 Å². The van der Waals surface area contributed by atoms with Gasteiger partial charge >= 0.3 is 0 Å². The highest BCUT2D eigenvalue weighted by atomic mass is 35.5. The first-order valence-corrected chi connectivity index (χ1v) is 12.5. The first-order chi connectivity index (χ1) is 18.0. The van der Waals surface area contributed by atoms with Gasteiger partial charge in [0.25, 0.3) is 5.56 Å². The third-order valence-corrected chi connectivity index (χ3v) is 6.44. The lowest BCUT2D eigenvalue weighted by molar-refractivity contribution is -0.119. The number of nitrogens with zero attached hydrogens (tertiary/aromatic N) is 4. The molecule has 5 rings (SSSR count). The van der Waals surface area contributed by atoms with Crippen molar-refractivity contribution in [2.24, 2.45) is 0 Å². The Labute approximate surface area is 226 Å². The molecule has 0 aliphatic heterocycles. The summed E-state index contributed by atoms with van der Waals surface area (Å²) in [6, 6.07) is 17.9. The minimum absolute atomic E-state index is 0.274. The number of benzene rings is 3. The predicted molar refractivity (Wildman–Crippen MR) is 155 cm³/mol. The Kier molecular flexibility index (Phi) is 6.53. The van der Waals surface area contributed by atoms with Crippen LogP contribution in [0, 0.1) is 6.92 Å². The molecule has 0 saturated heterocycles. The molecule has 11 heteroatoms. The van der Waals surface area contributed by atoms with Gasteiger partial charge in [-0.15, -0.1) is 0 Å². The lowest BCUT2D eigenvalue weighted by Crippen LogP contribution is -2.53.